The van der Waals surface area contributed by atoms with Gasteiger partial charge in [0.05, 0.1) is 10.2 Å². The van der Waals surface area contributed by atoms with E-state index in [9.17, 15) is 4.79 Å². The Labute approximate surface area is 178 Å². The molecule has 152 valence electrons. The number of fused-ring (bicyclic) bond motifs is 1. The average Bonchev–Trinajstić information content (AvgIpc) is 3.07. The number of carbonyl (C=O) groups excluding carboxylic acids is 1. The number of amides is 1. The topological polar surface area (TPSA) is 75.6 Å². The van der Waals surface area contributed by atoms with Crippen LogP contribution in [0.4, 0.5) is 10.8 Å². The molecular formula is C21H23ClN4O2S. The molecule has 1 heterocycles. The van der Waals surface area contributed by atoms with Gasteiger partial charge in [0.15, 0.2) is 6.61 Å². The number of ether oxygens (including phenoxy) is 1. The molecule has 0 spiro atoms. The largest absolute Gasteiger partial charge is 0.484 e. The number of nitrogens with zero attached hydrogens (tertiary/aromatic N) is 2. The van der Waals surface area contributed by atoms with Crippen molar-refractivity contribution in [2.45, 2.75) is 34.6 Å². The lowest BCUT2D eigenvalue weighted by Crippen LogP contribution is -2.21. The third-order valence-corrected chi connectivity index (χ3v) is 5.77. The highest BCUT2D eigenvalue weighted by Gasteiger charge is 2.15. The number of rotatable bonds is 6. The molecule has 8 heteroatoms. The first-order chi connectivity index (χ1) is 13.7. The van der Waals surface area contributed by atoms with Crippen molar-refractivity contribution < 1.29 is 9.53 Å². The molecule has 0 bridgehead atoms. The Hall–Kier alpha value is -2.64. The minimum atomic E-state index is -0.225. The lowest BCUT2D eigenvalue weighted by molar-refractivity contribution is -0.118. The maximum atomic E-state index is 12.5. The SMILES string of the molecule is CC(C)=NNc1nc2cc(C)c(NC(=O)COc3ccc(Cl)c(C)c3)c(C)c2s1. The summed E-state index contributed by atoms with van der Waals surface area (Å²) in [6, 6.07) is 7.28. The van der Waals surface area contributed by atoms with Crippen molar-refractivity contribution in [2.75, 3.05) is 17.3 Å². The molecule has 0 fully saturated rings. The molecule has 0 aliphatic rings. The van der Waals surface area contributed by atoms with Crippen LogP contribution in [0.15, 0.2) is 29.4 Å². The smallest absolute Gasteiger partial charge is 0.262 e. The quantitative estimate of drug-likeness (QED) is 0.388. The minimum absolute atomic E-state index is 0.0853. The Morgan fingerprint density at radius 1 is 1.21 bits per heavy atom. The van der Waals surface area contributed by atoms with Gasteiger partial charge < -0.3 is 10.1 Å². The van der Waals surface area contributed by atoms with E-state index in [-0.39, 0.29) is 12.5 Å². The predicted molar refractivity (Wildman–Crippen MR) is 122 cm³/mol. The molecule has 0 atom stereocenters. The van der Waals surface area contributed by atoms with E-state index < -0.39 is 0 Å². The van der Waals surface area contributed by atoms with Crippen LogP contribution in [0.3, 0.4) is 0 Å². The Balaban J connectivity index is 1.75. The number of hydrogen-bond acceptors (Lipinski definition) is 6. The number of aromatic nitrogens is 1. The third kappa shape index (κ3) is 5.05. The van der Waals surface area contributed by atoms with Gasteiger partial charge in [-0.2, -0.15) is 5.10 Å². The van der Waals surface area contributed by atoms with Gasteiger partial charge in [-0.3, -0.25) is 10.2 Å². The van der Waals surface area contributed by atoms with Crippen molar-refractivity contribution in [2.24, 2.45) is 5.10 Å². The fraction of sp³-hybridized carbons (Fsp3) is 0.286. The summed E-state index contributed by atoms with van der Waals surface area (Å²) in [6.07, 6.45) is 0. The molecule has 3 rings (SSSR count). The van der Waals surface area contributed by atoms with Crippen molar-refractivity contribution in [3.63, 3.8) is 0 Å². The van der Waals surface area contributed by atoms with E-state index in [1.54, 1.807) is 12.1 Å². The zero-order valence-corrected chi connectivity index (χ0v) is 18.6. The van der Waals surface area contributed by atoms with Gasteiger partial charge in [-0.1, -0.05) is 22.9 Å². The summed E-state index contributed by atoms with van der Waals surface area (Å²) in [4.78, 5) is 17.0. The third-order valence-electron chi connectivity index (χ3n) is 4.26. The summed E-state index contributed by atoms with van der Waals surface area (Å²) >= 11 is 7.52. The molecule has 3 aromatic rings. The number of anilines is 2. The van der Waals surface area contributed by atoms with Crippen LogP contribution in [-0.4, -0.2) is 23.2 Å². The highest BCUT2D eigenvalue weighted by Crippen LogP contribution is 2.35. The summed E-state index contributed by atoms with van der Waals surface area (Å²) in [6.45, 7) is 9.56. The molecule has 0 unspecified atom stereocenters. The summed E-state index contributed by atoms with van der Waals surface area (Å²) in [5.74, 6) is 0.383. The van der Waals surface area contributed by atoms with E-state index in [0.717, 1.165) is 38.3 Å². The number of hydrogen-bond donors (Lipinski definition) is 2. The first kappa shape index (κ1) is 21.1. The number of benzene rings is 2. The zero-order chi connectivity index (χ0) is 21.1. The Morgan fingerprint density at radius 3 is 2.66 bits per heavy atom. The Morgan fingerprint density at radius 2 is 1.97 bits per heavy atom. The molecule has 29 heavy (non-hydrogen) atoms. The van der Waals surface area contributed by atoms with Crippen molar-refractivity contribution >= 4 is 55.6 Å². The highest BCUT2D eigenvalue weighted by molar-refractivity contribution is 7.22. The zero-order valence-electron chi connectivity index (χ0n) is 17.0. The molecule has 0 aliphatic carbocycles. The average molecular weight is 431 g/mol. The van der Waals surface area contributed by atoms with Crippen LogP contribution in [0, 0.1) is 20.8 Å². The van der Waals surface area contributed by atoms with Gasteiger partial charge in [0.25, 0.3) is 5.91 Å². The Kier molecular flexibility index (Phi) is 6.39. The highest BCUT2D eigenvalue weighted by atomic mass is 35.5. The van der Waals surface area contributed by atoms with E-state index in [1.165, 1.54) is 11.3 Å². The number of aryl methyl sites for hydroxylation is 3. The molecular weight excluding hydrogens is 408 g/mol. The number of carbonyl (C=O) groups is 1. The van der Waals surface area contributed by atoms with Gasteiger partial charge in [0, 0.05) is 16.4 Å². The number of halogens is 1. The maximum Gasteiger partial charge on any atom is 0.262 e. The molecule has 2 N–H and O–H groups in total. The molecule has 0 saturated heterocycles. The summed E-state index contributed by atoms with van der Waals surface area (Å²) < 4.78 is 6.60. The molecule has 1 amide bonds. The van der Waals surface area contributed by atoms with Crippen LogP contribution >= 0.6 is 22.9 Å². The van der Waals surface area contributed by atoms with Crippen molar-refractivity contribution in [1.82, 2.24) is 4.98 Å². The van der Waals surface area contributed by atoms with Crippen LogP contribution in [0.5, 0.6) is 5.75 Å². The molecule has 0 radical (unpaired) electrons. The van der Waals surface area contributed by atoms with E-state index in [1.807, 2.05) is 46.8 Å². The summed E-state index contributed by atoms with van der Waals surface area (Å²) in [5, 5.41) is 8.55. The molecule has 2 aromatic carbocycles. The normalized spacial score (nSPS) is 10.7. The maximum absolute atomic E-state index is 12.5. The molecule has 6 nitrogen and oxygen atoms in total. The predicted octanol–water partition coefficient (Wildman–Crippen LogP) is 5.70. The van der Waals surface area contributed by atoms with Gasteiger partial charge in [-0.25, -0.2) is 4.98 Å². The molecule has 1 aromatic heterocycles. The number of hydrazone groups is 1. The number of nitrogens with one attached hydrogen (secondary N) is 2. The number of thiazole rings is 1. The second-order valence-electron chi connectivity index (χ2n) is 6.98. The van der Waals surface area contributed by atoms with Crippen LogP contribution in [-0.2, 0) is 4.79 Å². The van der Waals surface area contributed by atoms with Gasteiger partial charge in [0.2, 0.25) is 5.13 Å². The van der Waals surface area contributed by atoms with Crippen molar-refractivity contribution in [1.29, 1.82) is 0 Å². The van der Waals surface area contributed by atoms with Crippen molar-refractivity contribution in [3.05, 3.63) is 46.0 Å². The fourth-order valence-electron chi connectivity index (χ4n) is 2.82. The van der Waals surface area contributed by atoms with Crippen LogP contribution < -0.4 is 15.5 Å². The monoisotopic (exact) mass is 430 g/mol. The van der Waals surface area contributed by atoms with E-state index in [0.29, 0.717) is 15.9 Å². The van der Waals surface area contributed by atoms with Crippen LogP contribution in [0.25, 0.3) is 10.2 Å². The second-order valence-corrected chi connectivity index (χ2v) is 8.39. The van der Waals surface area contributed by atoms with Crippen LogP contribution in [0.1, 0.15) is 30.5 Å². The second kappa shape index (κ2) is 8.80. The fourth-order valence-corrected chi connectivity index (χ4v) is 3.83. The summed E-state index contributed by atoms with van der Waals surface area (Å²) in [7, 11) is 0. The van der Waals surface area contributed by atoms with Gasteiger partial charge in [-0.05, 0) is 75.6 Å². The first-order valence-corrected chi connectivity index (χ1v) is 10.3. The molecule has 0 aliphatic heterocycles. The van der Waals surface area contributed by atoms with Crippen LogP contribution in [0.2, 0.25) is 5.02 Å². The van der Waals surface area contributed by atoms with Gasteiger partial charge >= 0.3 is 0 Å². The van der Waals surface area contributed by atoms with E-state index >= 15 is 0 Å². The van der Waals surface area contributed by atoms with Crippen molar-refractivity contribution in [3.8, 4) is 5.75 Å². The molecule has 0 saturated carbocycles. The Bertz CT molecular complexity index is 1100. The van der Waals surface area contributed by atoms with Gasteiger partial charge in [0.1, 0.15) is 5.75 Å². The van der Waals surface area contributed by atoms with E-state index in [4.69, 9.17) is 16.3 Å². The van der Waals surface area contributed by atoms with E-state index in [2.05, 4.69) is 20.8 Å². The summed E-state index contributed by atoms with van der Waals surface area (Å²) in [5.41, 5.74) is 8.36. The lowest BCUT2D eigenvalue weighted by atomic mass is 10.1. The lowest BCUT2D eigenvalue weighted by Gasteiger charge is -2.13. The first-order valence-electron chi connectivity index (χ1n) is 9.11. The van der Waals surface area contributed by atoms with Gasteiger partial charge in [-0.15, -0.1) is 0 Å². The standard InChI is InChI=1S/C21H23ClN4O2S/c1-11(2)25-26-21-23-17-9-13(4)19(14(5)20(17)29-21)24-18(27)10-28-15-6-7-16(22)12(3)8-15/h6-9H,10H2,1-5H3,(H,23,26)(H,24,27). The minimum Gasteiger partial charge on any atom is -0.484 e.